The summed E-state index contributed by atoms with van der Waals surface area (Å²) in [6.07, 6.45) is 0.662. The van der Waals surface area contributed by atoms with Crippen molar-refractivity contribution in [3.63, 3.8) is 0 Å². The number of aryl methyl sites for hydroxylation is 1. The van der Waals surface area contributed by atoms with Gasteiger partial charge in [-0.3, -0.25) is 4.98 Å². The van der Waals surface area contributed by atoms with Crippen molar-refractivity contribution in [2.24, 2.45) is 0 Å². The SMILES string of the molecule is Cc1c([C@H](OC(C)(C)C)C(=O)O)c(-c2ccc(Cl)cc2)c2cc(C)n3c2c1N(Cc1ccccn1)CC3. The Hall–Kier alpha value is -3.35. The van der Waals surface area contributed by atoms with Crippen molar-refractivity contribution in [2.75, 3.05) is 11.4 Å². The van der Waals surface area contributed by atoms with Gasteiger partial charge < -0.3 is 19.3 Å². The molecule has 2 aromatic heterocycles. The molecule has 1 atom stereocenters. The Morgan fingerprint density at radius 2 is 1.86 bits per heavy atom. The molecule has 1 aliphatic rings. The summed E-state index contributed by atoms with van der Waals surface area (Å²) >= 11 is 6.24. The Kier molecular flexibility index (Phi) is 6.50. The summed E-state index contributed by atoms with van der Waals surface area (Å²) in [5, 5.41) is 12.1. The molecule has 0 saturated heterocycles. The third kappa shape index (κ3) is 4.72. The highest BCUT2D eigenvalue weighted by atomic mass is 35.5. The largest absolute Gasteiger partial charge is 0.479 e. The zero-order valence-electron chi connectivity index (χ0n) is 21.9. The zero-order chi connectivity index (χ0) is 26.5. The van der Waals surface area contributed by atoms with Crippen LogP contribution in [0.5, 0.6) is 0 Å². The first kappa shape index (κ1) is 25.3. The number of hydrogen-bond donors (Lipinski definition) is 1. The maximum Gasteiger partial charge on any atom is 0.337 e. The molecule has 1 aliphatic heterocycles. The Morgan fingerprint density at radius 3 is 2.49 bits per heavy atom. The predicted molar refractivity (Wildman–Crippen MR) is 148 cm³/mol. The van der Waals surface area contributed by atoms with Crippen LogP contribution in [-0.2, 0) is 22.6 Å². The fourth-order valence-electron chi connectivity index (χ4n) is 5.46. The number of ether oxygens (including phenoxy) is 1. The lowest BCUT2D eigenvalue weighted by Gasteiger charge is -2.36. The summed E-state index contributed by atoms with van der Waals surface area (Å²) in [7, 11) is 0. The monoisotopic (exact) mass is 517 g/mol. The Bertz CT molecular complexity index is 1470. The molecule has 0 spiro atoms. The highest BCUT2D eigenvalue weighted by Gasteiger charge is 2.36. The third-order valence-corrected chi connectivity index (χ3v) is 7.16. The highest BCUT2D eigenvalue weighted by Crippen LogP contribution is 2.48. The van der Waals surface area contributed by atoms with Gasteiger partial charge in [0.1, 0.15) is 0 Å². The van der Waals surface area contributed by atoms with Crippen molar-refractivity contribution in [1.82, 2.24) is 9.55 Å². The summed E-state index contributed by atoms with van der Waals surface area (Å²) in [5.74, 6) is -1.01. The molecular weight excluding hydrogens is 486 g/mol. The van der Waals surface area contributed by atoms with Gasteiger partial charge in [-0.15, -0.1) is 0 Å². The van der Waals surface area contributed by atoms with Gasteiger partial charge in [-0.05, 0) is 81.6 Å². The summed E-state index contributed by atoms with van der Waals surface area (Å²) in [4.78, 5) is 19.7. The molecule has 0 saturated carbocycles. The lowest BCUT2D eigenvalue weighted by molar-refractivity contribution is -0.160. The molecule has 6 nitrogen and oxygen atoms in total. The van der Waals surface area contributed by atoms with Crippen molar-refractivity contribution in [3.05, 3.63) is 82.3 Å². The van der Waals surface area contributed by atoms with Crippen LogP contribution < -0.4 is 4.90 Å². The number of aliphatic carboxylic acids is 1. The van der Waals surface area contributed by atoms with Crippen molar-refractivity contribution >= 4 is 34.2 Å². The number of anilines is 1. The second-order valence-corrected chi connectivity index (χ2v) is 11.1. The average molecular weight is 518 g/mol. The number of carbonyl (C=O) groups is 1. The molecule has 192 valence electrons. The molecule has 5 rings (SSSR count). The number of pyridine rings is 1. The molecule has 1 N–H and O–H groups in total. The van der Waals surface area contributed by atoms with Crippen LogP contribution in [0.1, 0.15) is 49.4 Å². The first-order valence-electron chi connectivity index (χ1n) is 12.5. The van der Waals surface area contributed by atoms with E-state index in [1.165, 1.54) is 0 Å². The maximum absolute atomic E-state index is 12.8. The molecular formula is C30H32ClN3O3. The first-order chi connectivity index (χ1) is 17.5. The van der Waals surface area contributed by atoms with E-state index in [1.807, 2.05) is 70.2 Å². The number of hydrogen-bond acceptors (Lipinski definition) is 4. The van der Waals surface area contributed by atoms with E-state index in [0.29, 0.717) is 17.1 Å². The molecule has 4 aromatic rings. The number of halogens is 1. The normalized spacial score (nSPS) is 14.3. The van der Waals surface area contributed by atoms with E-state index in [1.54, 1.807) is 6.20 Å². The maximum atomic E-state index is 12.8. The summed E-state index contributed by atoms with van der Waals surface area (Å²) in [6, 6.07) is 15.7. The van der Waals surface area contributed by atoms with Crippen LogP contribution in [0.3, 0.4) is 0 Å². The lowest BCUT2D eigenvalue weighted by Crippen LogP contribution is -2.33. The van der Waals surface area contributed by atoms with Crippen LogP contribution in [0.15, 0.2) is 54.7 Å². The minimum Gasteiger partial charge on any atom is -0.479 e. The van der Waals surface area contributed by atoms with Crippen LogP contribution in [-0.4, -0.2) is 32.8 Å². The fraction of sp³-hybridized carbons (Fsp3) is 0.333. The van der Waals surface area contributed by atoms with Crippen molar-refractivity contribution in [2.45, 2.75) is 59.4 Å². The molecule has 7 heteroatoms. The van der Waals surface area contributed by atoms with Gasteiger partial charge in [0.2, 0.25) is 0 Å². The van der Waals surface area contributed by atoms with Gasteiger partial charge in [0, 0.05) is 41.0 Å². The minimum absolute atomic E-state index is 0.631. The van der Waals surface area contributed by atoms with Gasteiger partial charge in [0.25, 0.3) is 0 Å². The van der Waals surface area contributed by atoms with E-state index < -0.39 is 17.7 Å². The quantitative estimate of drug-likeness (QED) is 0.300. The topological polar surface area (TPSA) is 67.6 Å². The van der Waals surface area contributed by atoms with E-state index >= 15 is 0 Å². The average Bonchev–Trinajstić information content (AvgIpc) is 3.17. The second kappa shape index (κ2) is 9.51. The first-order valence-corrected chi connectivity index (χ1v) is 12.9. The molecule has 0 radical (unpaired) electrons. The Labute approximate surface area is 222 Å². The zero-order valence-corrected chi connectivity index (χ0v) is 22.6. The van der Waals surface area contributed by atoms with Crippen molar-refractivity contribution in [1.29, 1.82) is 0 Å². The number of benzene rings is 2. The van der Waals surface area contributed by atoms with Crippen molar-refractivity contribution in [3.8, 4) is 11.1 Å². The van der Waals surface area contributed by atoms with E-state index in [0.717, 1.165) is 57.8 Å². The van der Waals surface area contributed by atoms with E-state index in [-0.39, 0.29) is 0 Å². The Balaban J connectivity index is 1.85. The second-order valence-electron chi connectivity index (χ2n) is 10.7. The van der Waals surface area contributed by atoms with Gasteiger partial charge in [0.15, 0.2) is 6.10 Å². The molecule has 0 fully saturated rings. The van der Waals surface area contributed by atoms with Gasteiger partial charge in [-0.25, -0.2) is 4.79 Å². The standard InChI is InChI=1S/C30H32ClN3O3/c1-18-16-23-25(20-9-11-21(31)12-10-20)24(28(29(35)36)37-30(3,4)5)19(2)26-27(23)34(18)15-14-33(26)17-22-8-6-7-13-32-22/h6-13,16,28H,14-15,17H2,1-5H3,(H,35,36)/t28-/m0/s1. The number of aromatic nitrogens is 2. The summed E-state index contributed by atoms with van der Waals surface area (Å²) in [6.45, 7) is 12.1. The van der Waals surface area contributed by atoms with Crippen LogP contribution in [0, 0.1) is 13.8 Å². The summed E-state index contributed by atoms with van der Waals surface area (Å²) in [5.41, 5.74) is 6.99. The molecule has 0 unspecified atom stereocenters. The smallest absolute Gasteiger partial charge is 0.337 e. The van der Waals surface area contributed by atoms with E-state index in [9.17, 15) is 9.90 Å². The van der Waals surface area contributed by atoms with Crippen LogP contribution >= 0.6 is 11.6 Å². The highest BCUT2D eigenvalue weighted by molar-refractivity contribution is 6.30. The van der Waals surface area contributed by atoms with Crippen LogP contribution in [0.2, 0.25) is 5.02 Å². The number of carboxylic acid groups (broad SMARTS) is 1. The lowest BCUT2D eigenvalue weighted by atomic mass is 9.87. The van der Waals surface area contributed by atoms with E-state index in [4.69, 9.17) is 16.3 Å². The number of rotatable bonds is 6. The Morgan fingerprint density at radius 1 is 1.14 bits per heavy atom. The number of nitrogens with zero attached hydrogens (tertiary/aromatic N) is 3. The molecule has 0 aliphatic carbocycles. The van der Waals surface area contributed by atoms with Crippen LogP contribution in [0.4, 0.5) is 5.69 Å². The number of carboxylic acids is 1. The summed E-state index contributed by atoms with van der Waals surface area (Å²) < 4.78 is 8.59. The molecule has 2 aromatic carbocycles. The van der Waals surface area contributed by atoms with Gasteiger partial charge in [-0.2, -0.15) is 0 Å². The fourth-order valence-corrected chi connectivity index (χ4v) is 5.58. The van der Waals surface area contributed by atoms with Crippen molar-refractivity contribution < 1.29 is 14.6 Å². The third-order valence-electron chi connectivity index (χ3n) is 6.91. The minimum atomic E-state index is -1.14. The van der Waals surface area contributed by atoms with E-state index in [2.05, 4.69) is 27.4 Å². The predicted octanol–water partition coefficient (Wildman–Crippen LogP) is 6.93. The van der Waals surface area contributed by atoms with Gasteiger partial charge in [0.05, 0.1) is 29.0 Å². The molecule has 0 amide bonds. The molecule has 37 heavy (non-hydrogen) atoms. The van der Waals surface area contributed by atoms with Gasteiger partial charge in [-0.1, -0.05) is 29.8 Å². The van der Waals surface area contributed by atoms with Crippen LogP contribution in [0.25, 0.3) is 22.0 Å². The molecule has 3 heterocycles. The molecule has 0 bridgehead atoms. The van der Waals surface area contributed by atoms with Gasteiger partial charge >= 0.3 is 5.97 Å².